The number of aliphatic hydroxyl groups excluding tert-OH is 1. The van der Waals surface area contributed by atoms with Crippen molar-refractivity contribution in [3.05, 3.63) is 39.3 Å². The minimum atomic E-state index is -0.0459. The topological polar surface area (TPSA) is 67.3 Å². The molecule has 0 unspecified atom stereocenters. The summed E-state index contributed by atoms with van der Waals surface area (Å²) in [5, 5.41) is 16.6. The van der Waals surface area contributed by atoms with E-state index in [-0.39, 0.29) is 6.61 Å². The van der Waals surface area contributed by atoms with Gasteiger partial charge in [0.05, 0.1) is 35.0 Å². The van der Waals surface area contributed by atoms with E-state index in [1.165, 1.54) is 0 Å². The fourth-order valence-electron chi connectivity index (χ4n) is 2.52. The summed E-state index contributed by atoms with van der Waals surface area (Å²) in [6, 6.07) is 3.82. The van der Waals surface area contributed by atoms with E-state index in [2.05, 4.69) is 15.3 Å². The number of aryl methyl sites for hydroxylation is 3. The molecule has 0 aliphatic heterocycles. The maximum absolute atomic E-state index is 9.40. The van der Waals surface area contributed by atoms with Crippen molar-refractivity contribution in [1.82, 2.24) is 9.97 Å². The van der Waals surface area contributed by atoms with E-state index in [9.17, 15) is 5.11 Å². The molecular weight excluding hydrogens is 342 g/mol. The lowest BCUT2D eigenvalue weighted by Crippen LogP contribution is -1.98. The van der Waals surface area contributed by atoms with E-state index in [0.29, 0.717) is 5.75 Å². The summed E-state index contributed by atoms with van der Waals surface area (Å²) < 4.78 is 5.34. The van der Waals surface area contributed by atoms with Crippen molar-refractivity contribution in [3.63, 3.8) is 0 Å². The quantitative estimate of drug-likeness (QED) is 0.703. The van der Waals surface area contributed by atoms with Gasteiger partial charge in [0.1, 0.15) is 5.75 Å². The summed E-state index contributed by atoms with van der Waals surface area (Å²) in [5.41, 5.74) is 4.68. The first kappa shape index (κ1) is 16.9. The molecule has 24 heavy (non-hydrogen) atoms. The van der Waals surface area contributed by atoms with Crippen LogP contribution in [0.3, 0.4) is 0 Å². The number of benzene rings is 1. The Morgan fingerprint density at radius 3 is 2.62 bits per heavy atom. The van der Waals surface area contributed by atoms with Crippen LogP contribution in [0.2, 0.25) is 0 Å². The molecular formula is C17H19N3O2S2. The van der Waals surface area contributed by atoms with Crippen molar-refractivity contribution in [1.29, 1.82) is 0 Å². The van der Waals surface area contributed by atoms with E-state index >= 15 is 0 Å². The van der Waals surface area contributed by atoms with Gasteiger partial charge in [0.2, 0.25) is 0 Å². The van der Waals surface area contributed by atoms with E-state index < -0.39 is 0 Å². The highest BCUT2D eigenvalue weighted by molar-refractivity contribution is 7.16. The number of methoxy groups -OCH3 is 1. The minimum absolute atomic E-state index is 0.0459. The number of nitrogens with one attached hydrogen (secondary N) is 1. The van der Waals surface area contributed by atoms with Gasteiger partial charge < -0.3 is 15.2 Å². The molecule has 0 atom stereocenters. The lowest BCUT2D eigenvalue weighted by molar-refractivity contribution is 0.273. The molecule has 2 N–H and O–H groups in total. The van der Waals surface area contributed by atoms with Crippen LogP contribution < -0.4 is 10.1 Å². The zero-order valence-corrected chi connectivity index (χ0v) is 15.6. The van der Waals surface area contributed by atoms with Crippen LogP contribution in [0.4, 0.5) is 10.8 Å². The maximum atomic E-state index is 9.40. The summed E-state index contributed by atoms with van der Waals surface area (Å²) >= 11 is 3.21. The monoisotopic (exact) mass is 361 g/mol. The van der Waals surface area contributed by atoms with Crippen LogP contribution in [-0.2, 0) is 6.61 Å². The second-order valence-electron chi connectivity index (χ2n) is 5.45. The lowest BCUT2D eigenvalue weighted by atomic mass is 10.1. The summed E-state index contributed by atoms with van der Waals surface area (Å²) in [7, 11) is 1.60. The Hall–Kier alpha value is -1.96. The molecule has 0 saturated heterocycles. The largest absolute Gasteiger partial charge is 0.496 e. The molecule has 0 aliphatic rings. The van der Waals surface area contributed by atoms with Crippen LogP contribution in [0.5, 0.6) is 5.75 Å². The van der Waals surface area contributed by atoms with Gasteiger partial charge in [0.15, 0.2) is 5.13 Å². The third kappa shape index (κ3) is 3.28. The maximum Gasteiger partial charge on any atom is 0.187 e. The molecule has 0 aliphatic carbocycles. The van der Waals surface area contributed by atoms with E-state index in [0.717, 1.165) is 43.2 Å². The Bertz CT molecular complexity index is 871. The van der Waals surface area contributed by atoms with Crippen molar-refractivity contribution in [2.45, 2.75) is 27.4 Å². The zero-order valence-electron chi connectivity index (χ0n) is 14.0. The van der Waals surface area contributed by atoms with Gasteiger partial charge in [-0.25, -0.2) is 9.97 Å². The Kier molecular flexibility index (Phi) is 4.84. The first-order chi connectivity index (χ1) is 11.5. The zero-order chi connectivity index (χ0) is 17.3. The smallest absolute Gasteiger partial charge is 0.187 e. The molecule has 0 bridgehead atoms. The SMILES string of the molecule is COc1cc(Nc2nc(-c3sc(C)nc3C)cs2)c(C)cc1CO. The molecule has 2 aromatic heterocycles. The number of hydrogen-bond donors (Lipinski definition) is 2. The van der Waals surface area contributed by atoms with Gasteiger partial charge in [-0.15, -0.1) is 22.7 Å². The highest BCUT2D eigenvalue weighted by Gasteiger charge is 2.13. The highest BCUT2D eigenvalue weighted by atomic mass is 32.1. The molecule has 3 rings (SSSR count). The third-order valence-electron chi connectivity index (χ3n) is 3.68. The number of rotatable bonds is 5. The van der Waals surface area contributed by atoms with Gasteiger partial charge >= 0.3 is 0 Å². The third-order valence-corrected chi connectivity index (χ3v) is 5.53. The summed E-state index contributed by atoms with van der Waals surface area (Å²) in [6.45, 7) is 5.96. The Morgan fingerprint density at radius 2 is 2.00 bits per heavy atom. The number of nitrogens with zero attached hydrogens (tertiary/aromatic N) is 2. The second-order valence-corrected chi connectivity index (χ2v) is 7.51. The van der Waals surface area contributed by atoms with Crippen LogP contribution in [0.15, 0.2) is 17.5 Å². The molecule has 0 fully saturated rings. The molecule has 5 nitrogen and oxygen atoms in total. The van der Waals surface area contributed by atoms with Crippen LogP contribution in [0.25, 0.3) is 10.6 Å². The van der Waals surface area contributed by atoms with Gasteiger partial charge in [-0.3, -0.25) is 0 Å². The number of thiazole rings is 2. The fraction of sp³-hybridized carbons (Fsp3) is 0.294. The lowest BCUT2D eigenvalue weighted by Gasteiger charge is -2.12. The number of hydrogen-bond acceptors (Lipinski definition) is 7. The van der Waals surface area contributed by atoms with Crippen molar-refractivity contribution in [2.75, 3.05) is 12.4 Å². The predicted octanol–water partition coefficient (Wildman–Crippen LogP) is 4.44. The molecule has 1 aromatic carbocycles. The molecule has 0 saturated carbocycles. The van der Waals surface area contributed by atoms with Crippen LogP contribution in [0.1, 0.15) is 21.8 Å². The summed E-state index contributed by atoms with van der Waals surface area (Å²) in [4.78, 5) is 10.2. The Morgan fingerprint density at radius 1 is 1.21 bits per heavy atom. The number of aromatic nitrogens is 2. The van der Waals surface area contributed by atoms with Crippen LogP contribution in [0, 0.1) is 20.8 Å². The predicted molar refractivity (Wildman–Crippen MR) is 99.6 cm³/mol. The van der Waals surface area contributed by atoms with E-state index in [4.69, 9.17) is 4.74 Å². The van der Waals surface area contributed by atoms with Gasteiger partial charge in [-0.2, -0.15) is 0 Å². The van der Waals surface area contributed by atoms with Crippen molar-refractivity contribution >= 4 is 33.5 Å². The summed E-state index contributed by atoms with van der Waals surface area (Å²) in [6.07, 6.45) is 0. The van der Waals surface area contributed by atoms with Gasteiger partial charge in [-0.1, -0.05) is 0 Å². The average molecular weight is 361 g/mol. The molecule has 126 valence electrons. The molecule has 3 aromatic rings. The van der Waals surface area contributed by atoms with Gasteiger partial charge in [0, 0.05) is 22.7 Å². The fourth-order valence-corrected chi connectivity index (χ4v) is 4.18. The van der Waals surface area contributed by atoms with Crippen molar-refractivity contribution in [3.8, 4) is 16.3 Å². The van der Waals surface area contributed by atoms with Gasteiger partial charge in [0.25, 0.3) is 0 Å². The molecule has 0 spiro atoms. The highest BCUT2D eigenvalue weighted by Crippen LogP contribution is 2.34. The normalized spacial score (nSPS) is 10.9. The second kappa shape index (κ2) is 6.88. The van der Waals surface area contributed by atoms with Gasteiger partial charge in [-0.05, 0) is 32.4 Å². The Labute approximate surface area is 149 Å². The molecule has 0 amide bonds. The van der Waals surface area contributed by atoms with Crippen molar-refractivity contribution < 1.29 is 9.84 Å². The first-order valence-electron chi connectivity index (χ1n) is 7.47. The summed E-state index contributed by atoms with van der Waals surface area (Å²) in [5.74, 6) is 0.663. The molecule has 7 heteroatoms. The molecule has 2 heterocycles. The number of aliphatic hydroxyl groups is 1. The average Bonchev–Trinajstić information content (AvgIpc) is 3.14. The van der Waals surface area contributed by atoms with Crippen molar-refractivity contribution in [2.24, 2.45) is 0 Å². The van der Waals surface area contributed by atoms with Crippen LogP contribution >= 0.6 is 22.7 Å². The van der Waals surface area contributed by atoms with E-state index in [1.807, 2.05) is 38.3 Å². The van der Waals surface area contributed by atoms with Crippen LogP contribution in [-0.4, -0.2) is 22.2 Å². The standard InChI is InChI=1S/C17H19N3O2S2/c1-9-5-12(7-21)15(22-4)6-13(9)19-17-20-14(8-23-17)16-10(2)18-11(3)24-16/h5-6,8,21H,7H2,1-4H3,(H,19,20). The first-order valence-corrected chi connectivity index (χ1v) is 9.16. The molecule has 0 radical (unpaired) electrons. The number of ether oxygens (including phenoxy) is 1. The Balaban J connectivity index is 1.89. The minimum Gasteiger partial charge on any atom is -0.496 e. The van der Waals surface area contributed by atoms with E-state index in [1.54, 1.807) is 29.8 Å². The number of anilines is 2.